The van der Waals surface area contributed by atoms with Crippen molar-refractivity contribution >= 4 is 17.3 Å². The van der Waals surface area contributed by atoms with E-state index < -0.39 is 0 Å². The van der Waals surface area contributed by atoms with E-state index in [9.17, 15) is 4.39 Å². The molecule has 0 saturated carbocycles. The Morgan fingerprint density at radius 3 is 2.93 bits per heavy atom. The number of hydrogen-bond acceptors (Lipinski definition) is 5. The van der Waals surface area contributed by atoms with Crippen molar-refractivity contribution in [2.75, 3.05) is 19.9 Å². The summed E-state index contributed by atoms with van der Waals surface area (Å²) in [6.45, 7) is 8.59. The number of nitrogens with one attached hydrogen (secondary N) is 2. The number of ether oxygens (including phenoxy) is 2. The van der Waals surface area contributed by atoms with Crippen molar-refractivity contribution in [2.24, 2.45) is 4.99 Å². The summed E-state index contributed by atoms with van der Waals surface area (Å²) in [5.41, 5.74) is 2.63. The van der Waals surface area contributed by atoms with Gasteiger partial charge in [0.25, 0.3) is 0 Å². The van der Waals surface area contributed by atoms with Gasteiger partial charge < -0.3 is 20.1 Å². The van der Waals surface area contributed by atoms with Gasteiger partial charge in [0.1, 0.15) is 11.6 Å². The summed E-state index contributed by atoms with van der Waals surface area (Å²) < 4.78 is 24.6. The maximum atomic E-state index is 13.8. The summed E-state index contributed by atoms with van der Waals surface area (Å²) in [5.74, 6) is 1.20. The van der Waals surface area contributed by atoms with E-state index in [-0.39, 0.29) is 12.6 Å². The van der Waals surface area contributed by atoms with Crippen LogP contribution in [-0.2, 0) is 24.3 Å². The van der Waals surface area contributed by atoms with Gasteiger partial charge in [-0.05, 0) is 44.9 Å². The number of nitrogens with zero attached hydrogens (tertiary/aromatic N) is 2. The van der Waals surface area contributed by atoms with Gasteiger partial charge >= 0.3 is 0 Å². The summed E-state index contributed by atoms with van der Waals surface area (Å²) in [6, 6.07) is 3.00. The molecule has 3 rings (SSSR count). The zero-order chi connectivity index (χ0) is 19.2. The number of aliphatic imine (C=N–C) groups is 1. The van der Waals surface area contributed by atoms with Crippen LogP contribution in [0.5, 0.6) is 5.75 Å². The second-order valence-corrected chi connectivity index (χ2v) is 7.56. The van der Waals surface area contributed by atoms with E-state index in [1.165, 1.54) is 12.1 Å². The zero-order valence-electron chi connectivity index (χ0n) is 15.9. The van der Waals surface area contributed by atoms with E-state index in [4.69, 9.17) is 9.47 Å². The van der Waals surface area contributed by atoms with Crippen molar-refractivity contribution in [2.45, 2.75) is 40.3 Å². The second-order valence-electron chi connectivity index (χ2n) is 6.28. The number of guanidine groups is 1. The van der Waals surface area contributed by atoms with Gasteiger partial charge in [0, 0.05) is 23.5 Å². The molecular weight excluding hydrogens is 367 g/mol. The predicted molar refractivity (Wildman–Crippen MR) is 105 cm³/mol. The fourth-order valence-electron chi connectivity index (χ4n) is 2.97. The van der Waals surface area contributed by atoms with E-state index >= 15 is 0 Å². The molecule has 6 nitrogen and oxygen atoms in total. The molecule has 27 heavy (non-hydrogen) atoms. The highest BCUT2D eigenvalue weighted by atomic mass is 32.1. The molecule has 0 amide bonds. The molecule has 1 aliphatic rings. The highest BCUT2D eigenvalue weighted by molar-refractivity contribution is 7.11. The van der Waals surface area contributed by atoms with Gasteiger partial charge in [-0.15, -0.1) is 11.3 Å². The smallest absolute Gasteiger partial charge is 0.191 e. The summed E-state index contributed by atoms with van der Waals surface area (Å²) in [6.07, 6.45) is 0.628. The maximum absolute atomic E-state index is 13.8. The second kappa shape index (κ2) is 9.14. The molecule has 0 saturated heterocycles. The van der Waals surface area contributed by atoms with Crippen LogP contribution in [0.2, 0.25) is 0 Å². The lowest BCUT2D eigenvalue weighted by atomic mass is 10.1. The molecule has 146 valence electrons. The number of fused-ring (bicyclic) bond motifs is 1. The van der Waals surface area contributed by atoms with Crippen LogP contribution in [0.25, 0.3) is 0 Å². The summed E-state index contributed by atoms with van der Waals surface area (Å²) >= 11 is 1.67. The molecule has 0 unspecified atom stereocenters. The standard InChI is InChI=1S/C19H25FN4O2S/c1-4-21-19(23-9-17-12(2)24-13(3)27-17)22-6-5-14-7-16(20)8-15-10-25-11-26-18(14)15/h7-8H,4-6,9-11H2,1-3H3,(H2,21,22,23). The Kier molecular flexibility index (Phi) is 6.63. The van der Waals surface area contributed by atoms with Gasteiger partial charge in [0.15, 0.2) is 12.8 Å². The first-order chi connectivity index (χ1) is 13.1. The molecule has 1 aromatic carbocycles. The van der Waals surface area contributed by atoms with Crippen molar-refractivity contribution in [3.63, 3.8) is 0 Å². The summed E-state index contributed by atoms with van der Waals surface area (Å²) in [7, 11) is 0. The fourth-order valence-corrected chi connectivity index (χ4v) is 3.83. The molecule has 2 N–H and O–H groups in total. The Morgan fingerprint density at radius 1 is 1.33 bits per heavy atom. The third kappa shape index (κ3) is 5.17. The quantitative estimate of drug-likeness (QED) is 0.584. The zero-order valence-corrected chi connectivity index (χ0v) is 16.7. The summed E-state index contributed by atoms with van der Waals surface area (Å²) in [5, 5.41) is 7.59. The van der Waals surface area contributed by atoms with Crippen LogP contribution in [-0.4, -0.2) is 30.8 Å². The highest BCUT2D eigenvalue weighted by Crippen LogP contribution is 2.29. The van der Waals surface area contributed by atoms with Crippen molar-refractivity contribution in [3.8, 4) is 5.75 Å². The lowest BCUT2D eigenvalue weighted by Crippen LogP contribution is -2.38. The first-order valence-electron chi connectivity index (χ1n) is 9.03. The van der Waals surface area contributed by atoms with Crippen LogP contribution in [0.1, 0.15) is 33.6 Å². The predicted octanol–water partition coefficient (Wildman–Crippen LogP) is 3.06. The van der Waals surface area contributed by atoms with E-state index in [1.54, 1.807) is 11.3 Å². The van der Waals surface area contributed by atoms with Crippen molar-refractivity contribution in [3.05, 3.63) is 44.7 Å². The van der Waals surface area contributed by atoms with Crippen LogP contribution in [0.15, 0.2) is 17.1 Å². The van der Waals surface area contributed by atoms with Crippen molar-refractivity contribution in [1.82, 2.24) is 15.6 Å². The monoisotopic (exact) mass is 392 g/mol. The van der Waals surface area contributed by atoms with Gasteiger partial charge in [0.05, 0.1) is 23.9 Å². The summed E-state index contributed by atoms with van der Waals surface area (Å²) in [4.78, 5) is 10.2. The molecule has 0 spiro atoms. The average Bonchev–Trinajstić information content (AvgIpc) is 2.96. The number of aromatic nitrogens is 1. The largest absolute Gasteiger partial charge is 0.467 e. The number of rotatable bonds is 6. The van der Waals surface area contributed by atoms with Gasteiger partial charge in [-0.25, -0.2) is 14.4 Å². The van der Waals surface area contributed by atoms with Gasteiger partial charge in [-0.2, -0.15) is 0 Å². The molecule has 0 atom stereocenters. The Balaban J connectivity index is 1.62. The van der Waals surface area contributed by atoms with Crippen molar-refractivity contribution < 1.29 is 13.9 Å². The SMILES string of the molecule is CCNC(=NCc1sc(C)nc1C)NCCc1cc(F)cc2c1OCOC2. The fraction of sp³-hybridized carbons (Fsp3) is 0.474. The molecule has 0 aliphatic carbocycles. The lowest BCUT2D eigenvalue weighted by molar-refractivity contribution is -0.0172. The minimum Gasteiger partial charge on any atom is -0.467 e. The van der Waals surface area contributed by atoms with Gasteiger partial charge in [0.2, 0.25) is 0 Å². The van der Waals surface area contributed by atoms with E-state index in [1.807, 2.05) is 20.8 Å². The van der Waals surface area contributed by atoms with Crippen LogP contribution >= 0.6 is 11.3 Å². The number of halogens is 1. The van der Waals surface area contributed by atoms with Crippen LogP contribution in [0, 0.1) is 19.7 Å². The first-order valence-corrected chi connectivity index (χ1v) is 9.85. The van der Waals surface area contributed by atoms with Crippen LogP contribution in [0.3, 0.4) is 0 Å². The Bertz CT molecular complexity index is 822. The average molecular weight is 393 g/mol. The molecule has 1 aliphatic heterocycles. The number of aryl methyl sites for hydroxylation is 2. The topological polar surface area (TPSA) is 67.8 Å². The third-order valence-electron chi connectivity index (χ3n) is 4.16. The van der Waals surface area contributed by atoms with Gasteiger partial charge in [-0.1, -0.05) is 0 Å². The molecule has 0 radical (unpaired) electrons. The number of hydrogen-bond donors (Lipinski definition) is 2. The number of benzene rings is 1. The van der Waals surface area contributed by atoms with E-state index in [0.717, 1.165) is 45.0 Å². The van der Waals surface area contributed by atoms with Crippen molar-refractivity contribution in [1.29, 1.82) is 0 Å². The lowest BCUT2D eigenvalue weighted by Gasteiger charge is -2.21. The Hall–Kier alpha value is -2.19. The van der Waals surface area contributed by atoms with Crippen LogP contribution < -0.4 is 15.4 Å². The Labute approximate surface area is 162 Å². The normalized spacial score (nSPS) is 13.9. The van der Waals surface area contributed by atoms with Gasteiger partial charge in [-0.3, -0.25) is 0 Å². The minimum absolute atomic E-state index is 0.205. The molecule has 1 aromatic heterocycles. The molecule has 0 bridgehead atoms. The minimum atomic E-state index is -0.269. The third-order valence-corrected chi connectivity index (χ3v) is 5.22. The Morgan fingerprint density at radius 2 is 2.19 bits per heavy atom. The molecular formula is C19H25FN4O2S. The maximum Gasteiger partial charge on any atom is 0.191 e. The molecule has 2 heterocycles. The molecule has 0 fully saturated rings. The highest BCUT2D eigenvalue weighted by Gasteiger charge is 2.16. The van der Waals surface area contributed by atoms with Crippen LogP contribution in [0.4, 0.5) is 4.39 Å². The van der Waals surface area contributed by atoms with E-state index in [0.29, 0.717) is 26.1 Å². The first kappa shape index (κ1) is 19.6. The molecule has 8 heteroatoms. The van der Waals surface area contributed by atoms with E-state index in [2.05, 4.69) is 20.6 Å². The number of thiazole rings is 1. The molecule has 2 aromatic rings.